The van der Waals surface area contributed by atoms with Gasteiger partial charge in [-0.25, -0.2) is 39.9 Å². The fraction of sp³-hybridized carbons (Fsp3) is 0.250. The summed E-state index contributed by atoms with van der Waals surface area (Å²) in [6.07, 6.45) is 7.25. The molecule has 16 nitrogen and oxygen atoms in total. The smallest absolute Gasteiger partial charge is 0.228 e. The van der Waals surface area contributed by atoms with Crippen molar-refractivity contribution in [1.29, 1.82) is 0 Å². The highest BCUT2D eigenvalue weighted by Crippen LogP contribution is 2.31. The molecule has 0 aliphatic carbocycles. The van der Waals surface area contributed by atoms with Gasteiger partial charge in [-0.05, 0) is 55.8 Å². The van der Waals surface area contributed by atoms with Crippen molar-refractivity contribution in [2.45, 2.75) is 27.1 Å². The molecule has 2 aliphatic heterocycles. The Morgan fingerprint density at radius 2 is 1.05 bits per heavy atom. The molecular weight excluding hydrogens is 805 g/mol. The molecule has 64 heavy (non-hydrogen) atoms. The van der Waals surface area contributed by atoms with Crippen LogP contribution in [-0.2, 0) is 13.2 Å². The lowest BCUT2D eigenvalue weighted by molar-refractivity contribution is 0.277. The number of aliphatic hydroxyl groups excluding tert-OH is 2. The van der Waals surface area contributed by atoms with E-state index in [2.05, 4.69) is 73.1 Å². The van der Waals surface area contributed by atoms with Crippen LogP contribution in [0.3, 0.4) is 0 Å². The molecule has 6 N–H and O–H groups in total. The normalized spacial score (nSPS) is 14.0. The number of pyridine rings is 4. The van der Waals surface area contributed by atoms with Crippen molar-refractivity contribution in [3.8, 4) is 22.5 Å². The number of benzene rings is 2. The zero-order chi connectivity index (χ0) is 43.8. The number of fused-ring (bicyclic) bond motifs is 2. The summed E-state index contributed by atoms with van der Waals surface area (Å²) in [6.45, 7) is 11.7. The van der Waals surface area contributed by atoms with E-state index in [1.807, 2.05) is 99.0 Å². The standard InChI is InChI=1S/2C24H25N7O/c1-16-2-4-17(5-3-16)22-23-18(12-19(15-32)28-22)13-27-24(30-23)29-21-7-6-20(14-26-21)31-10-8-25-9-11-31;1-16-4-2-3-5-20(16)23-22-17(12-18(15-32)28-23)13-27-24(30-22)29-21-7-6-19(14-26-21)31-10-8-25-9-11-31/h2*2-7,12-14,25,32H,8-11,15H2,1H3,(H,26,27,29,30). The van der Waals surface area contributed by atoms with Gasteiger partial charge in [0.15, 0.2) is 0 Å². The van der Waals surface area contributed by atoms with Gasteiger partial charge in [0.1, 0.15) is 22.7 Å². The first-order valence-electron chi connectivity index (χ1n) is 21.5. The predicted molar refractivity (Wildman–Crippen MR) is 252 cm³/mol. The molecular formula is C48H50N14O2. The van der Waals surface area contributed by atoms with E-state index in [1.165, 1.54) is 5.56 Å². The molecule has 8 aromatic rings. The van der Waals surface area contributed by atoms with Gasteiger partial charge >= 0.3 is 0 Å². The average molecular weight is 855 g/mol. The molecule has 0 amide bonds. The highest BCUT2D eigenvalue weighted by atomic mass is 16.3. The topological polar surface area (TPSA) is 198 Å². The number of aliphatic hydroxyl groups is 2. The van der Waals surface area contributed by atoms with Crippen LogP contribution in [0.25, 0.3) is 44.3 Å². The summed E-state index contributed by atoms with van der Waals surface area (Å²) < 4.78 is 0. The third-order valence-electron chi connectivity index (χ3n) is 11.2. The summed E-state index contributed by atoms with van der Waals surface area (Å²) in [5.74, 6) is 2.26. The van der Waals surface area contributed by atoms with Crippen molar-refractivity contribution in [1.82, 2.24) is 50.5 Å². The number of rotatable bonds is 10. The van der Waals surface area contributed by atoms with Gasteiger partial charge in [0.2, 0.25) is 11.9 Å². The van der Waals surface area contributed by atoms with E-state index in [0.717, 1.165) is 114 Å². The number of hydrogen-bond acceptors (Lipinski definition) is 16. The third kappa shape index (κ3) is 9.70. The molecule has 2 aromatic carbocycles. The van der Waals surface area contributed by atoms with Gasteiger partial charge in [-0.2, -0.15) is 0 Å². The summed E-state index contributed by atoms with van der Waals surface area (Å²) >= 11 is 0. The van der Waals surface area contributed by atoms with Crippen LogP contribution in [0, 0.1) is 13.8 Å². The lowest BCUT2D eigenvalue weighted by Crippen LogP contribution is -2.43. The molecule has 0 atom stereocenters. The Kier molecular flexibility index (Phi) is 12.8. The number of anilines is 6. The molecule has 10 rings (SSSR count). The van der Waals surface area contributed by atoms with Gasteiger partial charge in [0, 0.05) is 86.7 Å². The van der Waals surface area contributed by atoms with Crippen LogP contribution in [-0.4, -0.2) is 102 Å². The van der Waals surface area contributed by atoms with E-state index in [9.17, 15) is 10.2 Å². The van der Waals surface area contributed by atoms with Crippen LogP contribution in [0.2, 0.25) is 0 Å². The lowest BCUT2D eigenvalue weighted by atomic mass is 10.0. The van der Waals surface area contributed by atoms with Crippen LogP contribution >= 0.6 is 0 Å². The number of nitrogens with one attached hydrogen (secondary N) is 4. The van der Waals surface area contributed by atoms with Crippen LogP contribution < -0.4 is 31.1 Å². The molecule has 2 saturated heterocycles. The van der Waals surface area contributed by atoms with Crippen LogP contribution in [0.4, 0.5) is 34.9 Å². The Labute approximate surface area is 371 Å². The number of aromatic nitrogens is 8. The molecule has 2 fully saturated rings. The highest BCUT2D eigenvalue weighted by molar-refractivity contribution is 5.93. The van der Waals surface area contributed by atoms with Crippen molar-refractivity contribution < 1.29 is 10.2 Å². The Morgan fingerprint density at radius 3 is 1.53 bits per heavy atom. The maximum atomic E-state index is 9.67. The number of aryl methyl sites for hydroxylation is 2. The van der Waals surface area contributed by atoms with Crippen LogP contribution in [0.15, 0.2) is 110 Å². The largest absolute Gasteiger partial charge is 0.390 e. The zero-order valence-corrected chi connectivity index (χ0v) is 35.8. The van der Waals surface area contributed by atoms with Crippen molar-refractivity contribution in [3.63, 3.8) is 0 Å². The Hall–Kier alpha value is -7.24. The van der Waals surface area contributed by atoms with E-state index in [-0.39, 0.29) is 13.2 Å². The molecule has 324 valence electrons. The van der Waals surface area contributed by atoms with Crippen molar-refractivity contribution in [2.24, 2.45) is 0 Å². The van der Waals surface area contributed by atoms with E-state index in [0.29, 0.717) is 34.9 Å². The zero-order valence-electron chi connectivity index (χ0n) is 35.8. The minimum Gasteiger partial charge on any atom is -0.390 e. The molecule has 0 saturated carbocycles. The van der Waals surface area contributed by atoms with Crippen molar-refractivity contribution >= 4 is 56.7 Å². The van der Waals surface area contributed by atoms with Gasteiger partial charge in [-0.15, -0.1) is 0 Å². The van der Waals surface area contributed by atoms with E-state index in [1.54, 1.807) is 12.4 Å². The molecule has 16 heteroatoms. The van der Waals surface area contributed by atoms with Crippen LogP contribution in [0.5, 0.6) is 0 Å². The SMILES string of the molecule is Cc1ccc(-c2nc(CO)cc3cnc(Nc4ccc(N5CCNCC5)cn4)nc23)cc1.Cc1ccccc1-c1nc(CO)cc2cnc(Nc3ccc(N4CCNCC4)cn3)nc12. The maximum absolute atomic E-state index is 9.67. The van der Waals surface area contributed by atoms with Gasteiger partial charge < -0.3 is 41.3 Å². The van der Waals surface area contributed by atoms with Crippen molar-refractivity contribution in [3.05, 3.63) is 132 Å². The first-order valence-corrected chi connectivity index (χ1v) is 21.5. The minimum atomic E-state index is -0.141. The summed E-state index contributed by atoms with van der Waals surface area (Å²) in [5.41, 5.74) is 10.5. The van der Waals surface area contributed by atoms with E-state index < -0.39 is 0 Å². The molecule has 0 unspecified atom stereocenters. The quantitative estimate of drug-likeness (QED) is 0.0925. The summed E-state index contributed by atoms with van der Waals surface area (Å²) in [5, 5.41) is 34.1. The highest BCUT2D eigenvalue weighted by Gasteiger charge is 2.16. The molecule has 0 radical (unpaired) electrons. The summed E-state index contributed by atoms with van der Waals surface area (Å²) in [7, 11) is 0. The molecule has 0 bridgehead atoms. The monoisotopic (exact) mass is 854 g/mol. The third-order valence-corrected chi connectivity index (χ3v) is 11.2. The van der Waals surface area contributed by atoms with Crippen molar-refractivity contribution in [2.75, 3.05) is 72.8 Å². The predicted octanol–water partition coefficient (Wildman–Crippen LogP) is 6.08. The Morgan fingerprint density at radius 1 is 0.547 bits per heavy atom. The van der Waals surface area contributed by atoms with Gasteiger partial charge in [-0.1, -0.05) is 54.1 Å². The first-order chi connectivity index (χ1) is 31.4. The Balaban J connectivity index is 0.000000162. The first kappa shape index (κ1) is 42.1. The second-order valence-corrected chi connectivity index (χ2v) is 15.7. The second kappa shape index (κ2) is 19.4. The molecule has 8 heterocycles. The fourth-order valence-electron chi connectivity index (χ4n) is 7.78. The molecule has 6 aromatic heterocycles. The fourth-order valence-corrected chi connectivity index (χ4v) is 7.78. The van der Waals surface area contributed by atoms with Gasteiger partial charge in [0.25, 0.3) is 0 Å². The Bertz CT molecular complexity index is 2850. The van der Waals surface area contributed by atoms with Gasteiger partial charge in [0.05, 0.1) is 59.8 Å². The lowest BCUT2D eigenvalue weighted by Gasteiger charge is -2.29. The van der Waals surface area contributed by atoms with Gasteiger partial charge in [-0.3, -0.25) is 0 Å². The number of hydrogen-bond donors (Lipinski definition) is 6. The molecule has 2 aliphatic rings. The minimum absolute atomic E-state index is 0.141. The molecule has 0 spiro atoms. The van der Waals surface area contributed by atoms with E-state index >= 15 is 0 Å². The van der Waals surface area contributed by atoms with E-state index in [4.69, 9.17) is 9.97 Å². The average Bonchev–Trinajstić information content (AvgIpc) is 3.35. The number of piperazine rings is 2. The summed E-state index contributed by atoms with van der Waals surface area (Å²) in [4.78, 5) is 41.4. The second-order valence-electron chi connectivity index (χ2n) is 15.7. The van der Waals surface area contributed by atoms with Crippen LogP contribution in [0.1, 0.15) is 22.5 Å². The maximum Gasteiger partial charge on any atom is 0.228 e. The summed E-state index contributed by atoms with van der Waals surface area (Å²) in [6, 6.07) is 27.8. The number of nitrogens with zero attached hydrogens (tertiary/aromatic N) is 10.